The van der Waals surface area contributed by atoms with Crippen LogP contribution < -0.4 is 32.5 Å². The van der Waals surface area contributed by atoms with Crippen LogP contribution in [0.1, 0.15) is 42.7 Å². The van der Waals surface area contributed by atoms with Crippen molar-refractivity contribution in [2.75, 3.05) is 76.6 Å². The topological polar surface area (TPSA) is 105 Å². The van der Waals surface area contributed by atoms with Gasteiger partial charge >= 0.3 is 0 Å². The van der Waals surface area contributed by atoms with Gasteiger partial charge in [-0.25, -0.2) is 0 Å². The van der Waals surface area contributed by atoms with Crippen molar-refractivity contribution in [2.45, 2.75) is 46.5 Å². The van der Waals surface area contributed by atoms with Crippen LogP contribution in [0, 0.1) is 12.8 Å². The summed E-state index contributed by atoms with van der Waals surface area (Å²) in [5.41, 5.74) is 24.4. The average molecular weight is 886 g/mol. The monoisotopic (exact) mass is 885 g/mol. The van der Waals surface area contributed by atoms with Crippen molar-refractivity contribution >= 4 is 64.3 Å². The summed E-state index contributed by atoms with van der Waals surface area (Å²) in [6.45, 7) is 25.1. The third-order valence-corrected chi connectivity index (χ3v) is 12.5. The lowest BCUT2D eigenvalue weighted by Crippen LogP contribution is -2.32. The number of nitrogen functional groups attached to an aromatic ring is 1. The van der Waals surface area contributed by atoms with E-state index >= 15 is 0 Å². The molecule has 2 heterocycles. The molecule has 0 saturated heterocycles. The number of likely N-dealkylation sites (N-methyl/N-ethyl adjacent to an activating group) is 2. The van der Waals surface area contributed by atoms with Crippen LogP contribution in [0.5, 0.6) is 0 Å². The number of fused-ring (bicyclic) bond motifs is 1. The fourth-order valence-electron chi connectivity index (χ4n) is 6.68. The summed E-state index contributed by atoms with van der Waals surface area (Å²) in [6, 6.07) is 24.0. The number of rotatable bonds is 20. The van der Waals surface area contributed by atoms with Crippen molar-refractivity contribution in [1.82, 2.24) is 14.4 Å². The van der Waals surface area contributed by atoms with Gasteiger partial charge in [0.2, 0.25) is 0 Å². The minimum absolute atomic E-state index is 0.389. The number of benzene rings is 3. The summed E-state index contributed by atoms with van der Waals surface area (Å²) < 4.78 is 2.13. The maximum atomic E-state index is 6.72. The molecule has 0 aliphatic heterocycles. The van der Waals surface area contributed by atoms with E-state index in [-0.39, 0.29) is 0 Å². The van der Waals surface area contributed by atoms with Gasteiger partial charge in [-0.3, -0.25) is 0 Å². The Morgan fingerprint density at radius 2 is 1.72 bits per heavy atom. The summed E-state index contributed by atoms with van der Waals surface area (Å²) in [6.07, 6.45) is 12.9. The predicted octanol–water partition coefficient (Wildman–Crippen LogP) is 10.9. The quantitative estimate of drug-likeness (QED) is 0.0267. The van der Waals surface area contributed by atoms with Gasteiger partial charge in [0.1, 0.15) is 0 Å². The minimum Gasteiger partial charge on any atom is -0.397 e. The Morgan fingerprint density at radius 3 is 2.41 bits per heavy atom. The number of hydrogen-bond acceptors (Lipinski definition) is 8. The van der Waals surface area contributed by atoms with E-state index in [1.54, 1.807) is 0 Å². The molecule has 5 rings (SSSR count). The third kappa shape index (κ3) is 17.2. The summed E-state index contributed by atoms with van der Waals surface area (Å²) in [5, 5.41) is 8.07. The molecule has 3 aromatic carbocycles. The van der Waals surface area contributed by atoms with Gasteiger partial charge in [-0.2, -0.15) is 0 Å². The van der Waals surface area contributed by atoms with Gasteiger partial charge in [-0.15, -0.1) is 31.1 Å². The van der Waals surface area contributed by atoms with Crippen molar-refractivity contribution in [1.29, 1.82) is 0 Å². The first-order valence-corrected chi connectivity index (χ1v) is 23.2. The zero-order valence-corrected chi connectivity index (χ0v) is 40.8. The lowest BCUT2D eigenvalue weighted by molar-refractivity contribution is 0.400. The highest BCUT2D eigenvalue weighted by Crippen LogP contribution is 2.37. The standard InChI is InChI=1S/C45H58ClN6PS.C2H7N.C2H4.CH5N/c1-9-22-52(34(4)13-11-23-49(5)6)26-25-51(8)45-20-18-39(54-45)14-10-12-32(2)27-37-29-38(17-15-33(37)3)53-48-43-30-40(41(46)31-42(43)47)35-16-19-44-36(28-35)21-24-50(44)7;1-2-3;2*1-2/h9,11,13,15-21,24,28-32,48,53H,1,4,10,12,14,22-23,25-27,47H2,2-3,5-8H3;2-3H2,1H3;1-2H2;2H2,1H3/b13-11+;;;. The number of hydrogen-bond donors (Lipinski definition) is 4. The summed E-state index contributed by atoms with van der Waals surface area (Å²) in [5.74, 6) is 0.601. The van der Waals surface area contributed by atoms with E-state index < -0.39 is 0 Å². The predicted molar refractivity (Wildman–Crippen MR) is 279 cm³/mol. The molecule has 2 unspecified atom stereocenters. The van der Waals surface area contributed by atoms with Crippen LogP contribution in [0.4, 0.5) is 16.4 Å². The molecule has 61 heavy (non-hydrogen) atoms. The fourth-order valence-corrected chi connectivity index (χ4v) is 8.90. The first-order valence-electron chi connectivity index (χ1n) is 21.0. The number of nitrogens with zero attached hydrogens (tertiary/aromatic N) is 4. The van der Waals surface area contributed by atoms with Crippen LogP contribution in [-0.2, 0) is 19.9 Å². The SMILES string of the molecule is C=C.C=CCN(CCN(C)c1ccc(CCCC(C)Cc2cc(PNc3cc(-c4ccc5c(ccn5C)c4)c(Cl)cc3N)ccc2C)s1)C(=C)/C=C/CN(C)C.CCN.CN. The lowest BCUT2D eigenvalue weighted by atomic mass is 9.93. The molecular weight excluding hydrogens is 811 g/mol. The highest BCUT2D eigenvalue weighted by molar-refractivity contribution is 7.48. The average Bonchev–Trinajstić information content (AvgIpc) is 3.88. The number of aromatic nitrogens is 1. The maximum absolute atomic E-state index is 6.72. The molecule has 0 aliphatic carbocycles. The van der Waals surface area contributed by atoms with E-state index in [9.17, 15) is 0 Å². The van der Waals surface area contributed by atoms with E-state index in [1.165, 1.54) is 57.1 Å². The first-order chi connectivity index (χ1) is 29.3. The minimum atomic E-state index is 0.389. The maximum Gasteiger partial charge on any atom is 0.0909 e. The molecule has 7 N–H and O–H groups in total. The van der Waals surface area contributed by atoms with Gasteiger partial charge in [0.05, 0.1) is 21.4 Å². The highest BCUT2D eigenvalue weighted by Gasteiger charge is 2.13. The van der Waals surface area contributed by atoms with E-state index in [0.29, 0.717) is 25.4 Å². The van der Waals surface area contributed by atoms with Crippen molar-refractivity contribution in [3.8, 4) is 11.1 Å². The molecule has 0 aliphatic rings. The molecule has 0 amide bonds. The van der Waals surface area contributed by atoms with Crippen LogP contribution in [0.25, 0.3) is 22.0 Å². The molecule has 2 aromatic heterocycles. The van der Waals surface area contributed by atoms with Gasteiger partial charge < -0.3 is 41.6 Å². The number of anilines is 3. The Hall–Kier alpha value is -4.34. The zero-order valence-electron chi connectivity index (χ0n) is 38.2. The first kappa shape index (κ1) is 52.8. The molecule has 11 heteroatoms. The normalized spacial score (nSPS) is 11.4. The zero-order chi connectivity index (χ0) is 45.5. The second kappa shape index (κ2) is 28.3. The van der Waals surface area contributed by atoms with Crippen LogP contribution in [0.15, 0.2) is 123 Å². The second-order valence-electron chi connectivity index (χ2n) is 15.2. The second-order valence-corrected chi connectivity index (χ2v) is 17.8. The number of nitrogens with one attached hydrogen (secondary N) is 1. The summed E-state index contributed by atoms with van der Waals surface area (Å²) in [4.78, 5) is 8.25. The van der Waals surface area contributed by atoms with Crippen molar-refractivity contribution < 1.29 is 0 Å². The van der Waals surface area contributed by atoms with Crippen molar-refractivity contribution in [2.24, 2.45) is 24.4 Å². The Balaban J connectivity index is 0.00000173. The van der Waals surface area contributed by atoms with Crippen molar-refractivity contribution in [3.63, 3.8) is 0 Å². The Kier molecular flexibility index (Phi) is 24.5. The van der Waals surface area contributed by atoms with Crippen LogP contribution >= 0.6 is 31.7 Å². The molecule has 5 aromatic rings. The van der Waals surface area contributed by atoms with Gasteiger partial charge in [-0.1, -0.05) is 68.8 Å². The fraction of sp³-hybridized carbons (Fsp3) is 0.360. The molecule has 2 atom stereocenters. The largest absolute Gasteiger partial charge is 0.397 e. The van der Waals surface area contributed by atoms with E-state index in [0.717, 1.165) is 68.1 Å². The van der Waals surface area contributed by atoms with E-state index in [2.05, 4.69) is 177 Å². The van der Waals surface area contributed by atoms with Crippen molar-refractivity contribution in [3.05, 3.63) is 144 Å². The van der Waals surface area contributed by atoms with Crippen LogP contribution in [0.3, 0.4) is 0 Å². The molecule has 0 spiro atoms. The van der Waals surface area contributed by atoms with E-state index in [4.69, 9.17) is 23.1 Å². The van der Waals surface area contributed by atoms with E-state index in [1.807, 2.05) is 30.4 Å². The highest BCUT2D eigenvalue weighted by atomic mass is 35.5. The number of nitrogens with two attached hydrogens (primary N) is 3. The molecule has 332 valence electrons. The number of aryl methyl sites for hydroxylation is 3. The van der Waals surface area contributed by atoms with Crippen LogP contribution in [-0.4, -0.2) is 75.3 Å². The lowest BCUT2D eigenvalue weighted by Gasteiger charge is -2.27. The Labute approximate surface area is 379 Å². The molecule has 0 radical (unpaired) electrons. The third-order valence-electron chi connectivity index (χ3n) is 9.98. The number of allylic oxidation sites excluding steroid dienone is 1. The molecular formula is C50H74ClN8PS. The summed E-state index contributed by atoms with van der Waals surface area (Å²) >= 11 is 8.64. The van der Waals surface area contributed by atoms with Gasteiger partial charge in [0, 0.05) is 82.2 Å². The number of thiophene rings is 1. The summed E-state index contributed by atoms with van der Waals surface area (Å²) in [7, 11) is 10.3. The smallest absolute Gasteiger partial charge is 0.0909 e. The van der Waals surface area contributed by atoms with Gasteiger partial charge in [0.25, 0.3) is 0 Å². The molecule has 0 bridgehead atoms. The molecule has 8 nitrogen and oxygen atoms in total. The molecule has 0 fully saturated rings. The van der Waals surface area contributed by atoms with Gasteiger partial charge in [0.15, 0.2) is 0 Å². The van der Waals surface area contributed by atoms with Crippen LogP contribution in [0.2, 0.25) is 5.02 Å². The number of halogens is 1. The molecule has 0 saturated carbocycles. The van der Waals surface area contributed by atoms with Gasteiger partial charge in [-0.05, 0) is 136 Å². The Morgan fingerprint density at radius 1 is 1.00 bits per heavy atom. The Bertz CT molecular complexity index is 2100.